The number of nitrogens with one attached hydrogen (secondary N) is 2. The molecule has 216 valence electrons. The van der Waals surface area contributed by atoms with Crippen LogP contribution in [0.2, 0.25) is 5.02 Å². The van der Waals surface area contributed by atoms with Crippen LogP contribution < -0.4 is 10.8 Å². The van der Waals surface area contributed by atoms with Crippen LogP contribution in [0.3, 0.4) is 0 Å². The second-order valence-electron chi connectivity index (χ2n) is 10.4. The minimum absolute atomic E-state index is 0.0887. The van der Waals surface area contributed by atoms with Gasteiger partial charge in [-0.15, -0.1) is 0 Å². The van der Waals surface area contributed by atoms with Gasteiger partial charge >= 0.3 is 12.1 Å². The lowest BCUT2D eigenvalue weighted by Gasteiger charge is -2.28. The van der Waals surface area contributed by atoms with E-state index in [1.807, 2.05) is 18.2 Å². The van der Waals surface area contributed by atoms with Crippen molar-refractivity contribution >= 4 is 29.7 Å². The summed E-state index contributed by atoms with van der Waals surface area (Å²) in [5.41, 5.74) is 2.18. The number of aliphatic carboxylic acids is 1. The Morgan fingerprint density at radius 2 is 1.71 bits per heavy atom. The average Bonchev–Trinajstić information content (AvgIpc) is 2.93. The highest BCUT2D eigenvalue weighted by Gasteiger charge is 2.34. The van der Waals surface area contributed by atoms with Crippen LogP contribution in [0.25, 0.3) is 17.3 Å². The monoisotopic (exact) mass is 585 g/mol. The number of alkyl halides is 3. The van der Waals surface area contributed by atoms with E-state index in [-0.39, 0.29) is 34.0 Å². The second-order valence-corrected chi connectivity index (χ2v) is 10.8. The molecule has 1 saturated carbocycles. The van der Waals surface area contributed by atoms with Crippen molar-refractivity contribution in [2.75, 3.05) is 0 Å². The predicted molar refractivity (Wildman–Crippen MR) is 151 cm³/mol. The average molecular weight is 586 g/mol. The number of carboxylic acid groups (broad SMARTS) is 1. The Bertz CT molecular complexity index is 1510. The SMILES string of the molecule is C/C(=C\n1cc(-c2ccc(C3CCC(CC(=O)O)CC3)cc2)ccc1=N)C(=O)NCc1c(Cl)cccc1C(F)(F)F. The molecule has 3 aromatic rings. The van der Waals surface area contributed by atoms with E-state index in [0.29, 0.717) is 5.92 Å². The number of carbonyl (C=O) groups excluding carboxylic acids is 1. The molecule has 0 bridgehead atoms. The van der Waals surface area contributed by atoms with Crippen molar-refractivity contribution in [2.45, 2.75) is 57.7 Å². The molecular formula is C31H31ClF3N3O3. The van der Waals surface area contributed by atoms with Crippen molar-refractivity contribution in [3.63, 3.8) is 0 Å². The fourth-order valence-electron chi connectivity index (χ4n) is 5.27. The first-order valence-corrected chi connectivity index (χ1v) is 13.7. The minimum atomic E-state index is -4.61. The Labute approximate surface area is 241 Å². The van der Waals surface area contributed by atoms with Crippen LogP contribution in [0.4, 0.5) is 13.2 Å². The molecule has 1 aliphatic rings. The van der Waals surface area contributed by atoms with Gasteiger partial charge in [-0.25, -0.2) is 0 Å². The number of carboxylic acids is 1. The van der Waals surface area contributed by atoms with E-state index in [0.717, 1.165) is 42.9 Å². The van der Waals surface area contributed by atoms with E-state index >= 15 is 0 Å². The van der Waals surface area contributed by atoms with Gasteiger partial charge in [-0.2, -0.15) is 13.2 Å². The van der Waals surface area contributed by atoms with Crippen molar-refractivity contribution in [1.82, 2.24) is 9.88 Å². The largest absolute Gasteiger partial charge is 0.481 e. The summed E-state index contributed by atoms with van der Waals surface area (Å²) >= 11 is 5.99. The van der Waals surface area contributed by atoms with Crippen molar-refractivity contribution in [3.8, 4) is 11.1 Å². The number of rotatable bonds is 8. The molecule has 1 aliphatic carbocycles. The van der Waals surface area contributed by atoms with Gasteiger partial charge < -0.3 is 15.0 Å². The number of hydrogen-bond donors (Lipinski definition) is 3. The van der Waals surface area contributed by atoms with Crippen molar-refractivity contribution in [2.24, 2.45) is 5.92 Å². The van der Waals surface area contributed by atoms with Gasteiger partial charge in [-0.1, -0.05) is 41.9 Å². The number of pyridine rings is 1. The van der Waals surface area contributed by atoms with Gasteiger partial charge in [0.2, 0.25) is 5.91 Å². The summed E-state index contributed by atoms with van der Waals surface area (Å²) in [7, 11) is 0. The normalized spacial score (nSPS) is 17.7. The molecule has 0 aliphatic heterocycles. The summed E-state index contributed by atoms with van der Waals surface area (Å²) < 4.78 is 41.6. The van der Waals surface area contributed by atoms with Crippen molar-refractivity contribution in [1.29, 1.82) is 5.41 Å². The van der Waals surface area contributed by atoms with E-state index in [1.54, 1.807) is 12.3 Å². The summed E-state index contributed by atoms with van der Waals surface area (Å²) in [6, 6.07) is 15.1. The molecule has 1 aromatic heterocycles. The third-order valence-corrected chi connectivity index (χ3v) is 7.90. The Balaban J connectivity index is 1.44. The molecule has 41 heavy (non-hydrogen) atoms. The highest BCUT2D eigenvalue weighted by molar-refractivity contribution is 6.31. The molecule has 2 aromatic carbocycles. The molecule has 1 fully saturated rings. The molecule has 4 rings (SSSR count). The minimum Gasteiger partial charge on any atom is -0.481 e. The maximum Gasteiger partial charge on any atom is 0.416 e. The topological polar surface area (TPSA) is 95.2 Å². The lowest BCUT2D eigenvalue weighted by molar-refractivity contribution is -0.139. The first-order valence-electron chi connectivity index (χ1n) is 13.3. The summed E-state index contributed by atoms with van der Waals surface area (Å²) in [4.78, 5) is 23.7. The molecule has 0 saturated heterocycles. The van der Waals surface area contributed by atoms with Gasteiger partial charge in [0.1, 0.15) is 5.49 Å². The summed E-state index contributed by atoms with van der Waals surface area (Å²) in [5, 5.41) is 19.7. The maximum absolute atomic E-state index is 13.4. The highest BCUT2D eigenvalue weighted by Crippen LogP contribution is 2.38. The molecule has 10 heteroatoms. The van der Waals surface area contributed by atoms with Gasteiger partial charge in [0, 0.05) is 41.5 Å². The Morgan fingerprint density at radius 3 is 2.34 bits per heavy atom. The van der Waals surface area contributed by atoms with Gasteiger partial charge in [-0.05, 0) is 85.4 Å². The molecule has 1 heterocycles. The Kier molecular flexibility index (Phi) is 9.38. The number of amides is 1. The summed E-state index contributed by atoms with van der Waals surface area (Å²) in [5.74, 6) is -0.681. The zero-order valence-electron chi connectivity index (χ0n) is 22.5. The van der Waals surface area contributed by atoms with E-state index in [9.17, 15) is 22.8 Å². The molecule has 0 atom stereocenters. The predicted octanol–water partition coefficient (Wildman–Crippen LogP) is 7.23. The molecule has 0 unspecified atom stereocenters. The molecule has 0 spiro atoms. The smallest absolute Gasteiger partial charge is 0.416 e. The Hall–Kier alpha value is -3.85. The number of carbonyl (C=O) groups is 2. The Morgan fingerprint density at radius 1 is 1.05 bits per heavy atom. The zero-order valence-corrected chi connectivity index (χ0v) is 23.2. The summed E-state index contributed by atoms with van der Waals surface area (Å²) in [6.07, 6.45) is 2.55. The van der Waals surface area contributed by atoms with E-state index in [1.165, 1.54) is 35.4 Å². The van der Waals surface area contributed by atoms with Gasteiger partial charge in [0.25, 0.3) is 0 Å². The van der Waals surface area contributed by atoms with Gasteiger partial charge in [-0.3, -0.25) is 15.0 Å². The fourth-order valence-corrected chi connectivity index (χ4v) is 5.51. The first-order chi connectivity index (χ1) is 19.4. The van der Waals surface area contributed by atoms with Gasteiger partial charge in [0.05, 0.1) is 5.56 Å². The van der Waals surface area contributed by atoms with Crippen LogP contribution in [-0.2, 0) is 22.3 Å². The highest BCUT2D eigenvalue weighted by atomic mass is 35.5. The summed E-state index contributed by atoms with van der Waals surface area (Å²) in [6.45, 7) is 1.12. The van der Waals surface area contributed by atoms with Gasteiger partial charge in [0.15, 0.2) is 0 Å². The van der Waals surface area contributed by atoms with Crippen molar-refractivity contribution < 1.29 is 27.9 Å². The number of benzene rings is 2. The first kappa shape index (κ1) is 30.1. The van der Waals surface area contributed by atoms with Crippen molar-refractivity contribution in [3.05, 3.63) is 93.6 Å². The van der Waals surface area contributed by atoms with E-state index in [2.05, 4.69) is 17.4 Å². The molecule has 1 amide bonds. The van der Waals surface area contributed by atoms with Crippen LogP contribution in [0.5, 0.6) is 0 Å². The molecule has 3 N–H and O–H groups in total. The number of hydrogen-bond acceptors (Lipinski definition) is 3. The lowest BCUT2D eigenvalue weighted by Crippen LogP contribution is -2.26. The quantitative estimate of drug-likeness (QED) is 0.243. The number of aromatic nitrogens is 1. The third kappa shape index (κ3) is 7.67. The molecular weight excluding hydrogens is 555 g/mol. The number of nitrogens with zero attached hydrogens (tertiary/aromatic N) is 1. The van der Waals surface area contributed by atoms with Crippen LogP contribution >= 0.6 is 11.6 Å². The lowest BCUT2D eigenvalue weighted by atomic mass is 9.77. The van der Waals surface area contributed by atoms with E-state index in [4.69, 9.17) is 22.1 Å². The zero-order chi connectivity index (χ0) is 29.7. The number of halogens is 4. The molecule has 0 radical (unpaired) electrons. The fraction of sp³-hybridized carbons (Fsp3) is 0.323. The molecule has 6 nitrogen and oxygen atoms in total. The van der Waals surface area contributed by atoms with Crippen LogP contribution in [0.15, 0.2) is 66.4 Å². The van der Waals surface area contributed by atoms with E-state index < -0.39 is 30.2 Å². The standard InChI is InChI=1S/C31H31ClF3N3O3/c1-19(30(41)37-16-25-26(31(33,34)35)3-2-4-27(25)32)17-38-18-24(13-14-28(38)36)23-11-9-22(10-12-23)21-7-5-20(6-8-21)15-29(39)40/h2-4,9-14,17-18,20-21,36H,5-8,15-16H2,1H3,(H,37,41)(H,39,40)/b19-17+,36-28?. The maximum atomic E-state index is 13.4. The third-order valence-electron chi connectivity index (χ3n) is 7.54. The second kappa shape index (κ2) is 12.8. The van der Waals surface area contributed by atoms with Crippen LogP contribution in [0.1, 0.15) is 61.6 Å². The van der Waals surface area contributed by atoms with Crippen LogP contribution in [-0.4, -0.2) is 21.6 Å². The van der Waals surface area contributed by atoms with Crippen LogP contribution in [0, 0.1) is 11.3 Å².